The summed E-state index contributed by atoms with van der Waals surface area (Å²) in [6.45, 7) is 5.91. The van der Waals surface area contributed by atoms with Crippen LogP contribution in [0, 0.1) is 0 Å². The van der Waals surface area contributed by atoms with Crippen LogP contribution in [-0.4, -0.2) is 13.1 Å². The van der Waals surface area contributed by atoms with E-state index in [9.17, 15) is 4.79 Å². The maximum Gasteiger partial charge on any atom is 0.333 e. The minimum absolute atomic E-state index is 0.205. The van der Waals surface area contributed by atoms with E-state index in [0.717, 1.165) is 18.4 Å². The van der Waals surface area contributed by atoms with Crippen LogP contribution < -0.4 is 0 Å². The first-order chi connectivity index (χ1) is 5.17. The second-order valence-corrected chi connectivity index (χ2v) is 2.43. The zero-order valence-electron chi connectivity index (χ0n) is 7.73. The zero-order valence-corrected chi connectivity index (χ0v) is 7.73. The zero-order chi connectivity index (χ0) is 8.85. The van der Waals surface area contributed by atoms with E-state index in [0.29, 0.717) is 0 Å². The molecule has 0 aliphatic carbocycles. The topological polar surface area (TPSA) is 26.3 Å². The monoisotopic (exact) mass is 156 g/mol. The summed E-state index contributed by atoms with van der Waals surface area (Å²) in [5, 5.41) is 0. The van der Waals surface area contributed by atoms with Crippen LogP contribution in [0.15, 0.2) is 11.1 Å². The lowest BCUT2D eigenvalue weighted by Crippen LogP contribution is -2.04. The summed E-state index contributed by atoms with van der Waals surface area (Å²) < 4.78 is 4.60. The van der Waals surface area contributed by atoms with Crippen LogP contribution in [0.25, 0.3) is 0 Å². The summed E-state index contributed by atoms with van der Waals surface area (Å²) >= 11 is 0. The van der Waals surface area contributed by atoms with E-state index >= 15 is 0 Å². The van der Waals surface area contributed by atoms with Gasteiger partial charge in [-0.1, -0.05) is 19.4 Å². The third kappa shape index (κ3) is 2.74. The van der Waals surface area contributed by atoms with Gasteiger partial charge in [-0.05, 0) is 19.8 Å². The summed E-state index contributed by atoms with van der Waals surface area (Å²) in [7, 11) is 1.41. The molecule has 64 valence electrons. The quantitative estimate of drug-likeness (QED) is 0.463. The highest BCUT2D eigenvalue weighted by Gasteiger charge is 2.07. The maximum atomic E-state index is 11.0. The smallest absolute Gasteiger partial charge is 0.333 e. The minimum atomic E-state index is -0.205. The number of carbonyl (C=O) groups is 1. The molecule has 0 aliphatic rings. The molecule has 0 saturated heterocycles. The predicted octanol–water partition coefficient (Wildman–Crippen LogP) is 2.30. The van der Waals surface area contributed by atoms with E-state index in [1.807, 2.05) is 20.8 Å². The summed E-state index contributed by atoms with van der Waals surface area (Å²) in [5.41, 5.74) is 1.94. The summed E-state index contributed by atoms with van der Waals surface area (Å²) in [6, 6.07) is 0. The number of methoxy groups -OCH3 is 1. The predicted molar refractivity (Wildman–Crippen MR) is 45.3 cm³/mol. The third-order valence-corrected chi connectivity index (χ3v) is 1.88. The van der Waals surface area contributed by atoms with Crippen LogP contribution in [0.2, 0.25) is 0 Å². The Morgan fingerprint density at radius 2 is 1.73 bits per heavy atom. The van der Waals surface area contributed by atoms with E-state index in [4.69, 9.17) is 0 Å². The molecule has 0 heterocycles. The fraction of sp³-hybridized carbons (Fsp3) is 0.667. The molecule has 2 heteroatoms. The van der Waals surface area contributed by atoms with E-state index in [1.54, 1.807) is 0 Å². The number of carbonyl (C=O) groups excluding carboxylic acids is 1. The molecule has 2 nitrogen and oxygen atoms in total. The van der Waals surface area contributed by atoms with Crippen LogP contribution in [-0.2, 0) is 9.53 Å². The van der Waals surface area contributed by atoms with Gasteiger partial charge in [0.2, 0.25) is 0 Å². The Kier molecular flexibility index (Phi) is 4.59. The Morgan fingerprint density at radius 1 is 1.27 bits per heavy atom. The Labute approximate surface area is 68.2 Å². The van der Waals surface area contributed by atoms with Gasteiger partial charge in [-0.15, -0.1) is 0 Å². The fourth-order valence-corrected chi connectivity index (χ4v) is 1.08. The van der Waals surface area contributed by atoms with Crippen LogP contribution in [0.3, 0.4) is 0 Å². The van der Waals surface area contributed by atoms with Gasteiger partial charge >= 0.3 is 5.97 Å². The lowest BCUT2D eigenvalue weighted by atomic mass is 10.1. The highest BCUT2D eigenvalue weighted by atomic mass is 16.5. The molecule has 0 rings (SSSR count). The van der Waals surface area contributed by atoms with Gasteiger partial charge in [0.05, 0.1) is 7.11 Å². The SMILES string of the molecule is CCC(CC)=C(C)C(=O)OC. The molecular formula is C9H16O2. The van der Waals surface area contributed by atoms with Crippen molar-refractivity contribution < 1.29 is 9.53 Å². The first kappa shape index (κ1) is 10.2. The summed E-state index contributed by atoms with van der Waals surface area (Å²) in [6.07, 6.45) is 1.86. The van der Waals surface area contributed by atoms with Crippen molar-refractivity contribution in [3.05, 3.63) is 11.1 Å². The van der Waals surface area contributed by atoms with E-state index in [-0.39, 0.29) is 5.97 Å². The number of ether oxygens (including phenoxy) is 1. The molecule has 0 aromatic rings. The van der Waals surface area contributed by atoms with Gasteiger partial charge in [-0.2, -0.15) is 0 Å². The second-order valence-electron chi connectivity index (χ2n) is 2.43. The Morgan fingerprint density at radius 3 is 2.00 bits per heavy atom. The fourth-order valence-electron chi connectivity index (χ4n) is 1.08. The Bertz CT molecular complexity index is 162. The van der Waals surface area contributed by atoms with Crippen molar-refractivity contribution in [3.63, 3.8) is 0 Å². The lowest BCUT2D eigenvalue weighted by Gasteiger charge is -2.05. The third-order valence-electron chi connectivity index (χ3n) is 1.88. The van der Waals surface area contributed by atoms with Gasteiger partial charge in [0.25, 0.3) is 0 Å². The van der Waals surface area contributed by atoms with Gasteiger partial charge in [0, 0.05) is 5.57 Å². The van der Waals surface area contributed by atoms with Crippen LogP contribution in [0.1, 0.15) is 33.6 Å². The van der Waals surface area contributed by atoms with Crippen molar-refractivity contribution in [1.29, 1.82) is 0 Å². The highest BCUT2D eigenvalue weighted by molar-refractivity contribution is 5.88. The number of hydrogen-bond acceptors (Lipinski definition) is 2. The average Bonchev–Trinajstić information content (AvgIpc) is 2.05. The molecule has 0 aromatic heterocycles. The number of allylic oxidation sites excluding steroid dienone is 1. The van der Waals surface area contributed by atoms with Crippen molar-refractivity contribution in [2.45, 2.75) is 33.6 Å². The van der Waals surface area contributed by atoms with Crippen LogP contribution in [0.4, 0.5) is 0 Å². The molecular weight excluding hydrogens is 140 g/mol. The van der Waals surface area contributed by atoms with Crippen molar-refractivity contribution >= 4 is 5.97 Å². The highest BCUT2D eigenvalue weighted by Crippen LogP contribution is 2.12. The standard InChI is InChI=1S/C9H16O2/c1-5-8(6-2)7(3)9(10)11-4/h5-6H2,1-4H3. The molecule has 0 aliphatic heterocycles. The minimum Gasteiger partial charge on any atom is -0.466 e. The number of rotatable bonds is 3. The van der Waals surface area contributed by atoms with Gasteiger partial charge in [0.15, 0.2) is 0 Å². The first-order valence-electron chi connectivity index (χ1n) is 3.94. The van der Waals surface area contributed by atoms with Crippen molar-refractivity contribution in [2.75, 3.05) is 7.11 Å². The van der Waals surface area contributed by atoms with Gasteiger partial charge in [-0.3, -0.25) is 0 Å². The van der Waals surface area contributed by atoms with Crippen molar-refractivity contribution in [3.8, 4) is 0 Å². The molecule has 0 atom stereocenters. The Balaban J connectivity index is 4.46. The van der Waals surface area contributed by atoms with E-state index < -0.39 is 0 Å². The average molecular weight is 156 g/mol. The van der Waals surface area contributed by atoms with Crippen LogP contribution in [0.5, 0.6) is 0 Å². The molecule has 0 amide bonds. The second kappa shape index (κ2) is 4.94. The molecule has 0 N–H and O–H groups in total. The number of esters is 1. The molecule has 0 fully saturated rings. The number of hydrogen-bond donors (Lipinski definition) is 0. The molecule has 0 unspecified atom stereocenters. The summed E-state index contributed by atoms with van der Waals surface area (Å²) in [5.74, 6) is -0.205. The molecule has 0 spiro atoms. The van der Waals surface area contributed by atoms with E-state index in [1.165, 1.54) is 12.7 Å². The first-order valence-corrected chi connectivity index (χ1v) is 3.94. The summed E-state index contributed by atoms with van der Waals surface area (Å²) in [4.78, 5) is 11.0. The Hall–Kier alpha value is -0.790. The molecule has 0 aromatic carbocycles. The van der Waals surface area contributed by atoms with Gasteiger partial charge in [0.1, 0.15) is 0 Å². The molecule has 0 saturated carbocycles. The molecule has 11 heavy (non-hydrogen) atoms. The largest absolute Gasteiger partial charge is 0.466 e. The van der Waals surface area contributed by atoms with Crippen molar-refractivity contribution in [1.82, 2.24) is 0 Å². The lowest BCUT2D eigenvalue weighted by molar-refractivity contribution is -0.136. The normalized spacial score (nSPS) is 9.09. The van der Waals surface area contributed by atoms with E-state index in [2.05, 4.69) is 4.74 Å². The molecule has 0 bridgehead atoms. The van der Waals surface area contributed by atoms with Gasteiger partial charge in [-0.25, -0.2) is 4.79 Å². The van der Waals surface area contributed by atoms with Crippen molar-refractivity contribution in [2.24, 2.45) is 0 Å². The maximum absolute atomic E-state index is 11.0. The van der Waals surface area contributed by atoms with Gasteiger partial charge < -0.3 is 4.74 Å². The van der Waals surface area contributed by atoms with Crippen LogP contribution >= 0.6 is 0 Å². The molecule has 0 radical (unpaired) electrons.